The smallest absolute Gasteiger partial charge is 0.326 e. The van der Waals surface area contributed by atoms with Gasteiger partial charge in [-0.05, 0) is 31.9 Å². The number of likely N-dealkylation sites (tertiary alicyclic amines) is 1. The van der Waals surface area contributed by atoms with E-state index in [1.165, 1.54) is 0 Å². The van der Waals surface area contributed by atoms with Crippen molar-refractivity contribution in [1.82, 2.24) is 24.4 Å². The summed E-state index contributed by atoms with van der Waals surface area (Å²) in [5, 5.41) is 10.4. The molecule has 4 rings (SSSR count). The van der Waals surface area contributed by atoms with E-state index in [0.29, 0.717) is 18.5 Å². The highest BCUT2D eigenvalue weighted by Crippen LogP contribution is 2.28. The average molecular weight is 343 g/mol. The summed E-state index contributed by atoms with van der Waals surface area (Å²) in [7, 11) is 0. The van der Waals surface area contributed by atoms with Gasteiger partial charge in [0.25, 0.3) is 0 Å². The van der Waals surface area contributed by atoms with Crippen LogP contribution < -0.4 is 5.69 Å². The highest BCUT2D eigenvalue weighted by Gasteiger charge is 2.31. The van der Waals surface area contributed by atoms with Crippen LogP contribution in [0.4, 0.5) is 0 Å². The Bertz CT molecular complexity index is 985. The Morgan fingerprint density at radius 1 is 1.52 bits per heavy atom. The van der Waals surface area contributed by atoms with Crippen LogP contribution in [0.5, 0.6) is 0 Å². The van der Waals surface area contributed by atoms with Gasteiger partial charge in [-0.1, -0.05) is 6.92 Å². The summed E-state index contributed by atoms with van der Waals surface area (Å²) in [6, 6.07) is 1.36. The minimum atomic E-state index is -0.799. The number of pyridine rings is 1. The summed E-state index contributed by atoms with van der Waals surface area (Å²) in [6.45, 7) is 3.20. The van der Waals surface area contributed by atoms with Gasteiger partial charge in [0.1, 0.15) is 11.7 Å². The number of fused-ring (bicyclic) bond motifs is 3. The summed E-state index contributed by atoms with van der Waals surface area (Å²) >= 11 is 0. The molecule has 0 aliphatic carbocycles. The molecule has 1 aliphatic rings. The second-order valence-corrected chi connectivity index (χ2v) is 6.61. The van der Waals surface area contributed by atoms with E-state index in [2.05, 4.69) is 15.0 Å². The molecule has 1 fully saturated rings. The molecule has 4 heterocycles. The van der Waals surface area contributed by atoms with Crippen molar-refractivity contribution in [3.63, 3.8) is 0 Å². The van der Waals surface area contributed by atoms with Crippen molar-refractivity contribution in [2.24, 2.45) is 0 Å². The monoisotopic (exact) mass is 343 g/mol. The summed E-state index contributed by atoms with van der Waals surface area (Å²) < 4.78 is 1.79. The Balaban J connectivity index is 1.79. The third-order valence-electron chi connectivity index (χ3n) is 5.17. The number of hydrogen-bond acceptors (Lipinski definition) is 4. The summed E-state index contributed by atoms with van der Waals surface area (Å²) in [4.78, 5) is 36.4. The average Bonchev–Trinajstić information content (AvgIpc) is 3.18. The van der Waals surface area contributed by atoms with Gasteiger partial charge in [-0.2, -0.15) is 0 Å². The first kappa shape index (κ1) is 15.9. The Morgan fingerprint density at radius 3 is 3.12 bits per heavy atom. The Kier molecular flexibility index (Phi) is 3.84. The topological polar surface area (TPSA) is 107 Å². The Labute approximate surface area is 143 Å². The van der Waals surface area contributed by atoms with Crippen LogP contribution in [-0.4, -0.2) is 54.6 Å². The Hall–Kier alpha value is -2.61. The normalized spacial score (nSPS) is 20.3. The number of nitrogens with one attached hydrogen (secondary N) is 2. The lowest BCUT2D eigenvalue weighted by Gasteiger charge is -2.36. The van der Waals surface area contributed by atoms with E-state index >= 15 is 0 Å². The van der Waals surface area contributed by atoms with Gasteiger partial charge in [-0.25, -0.2) is 9.78 Å². The molecule has 2 atom stereocenters. The van der Waals surface area contributed by atoms with Crippen molar-refractivity contribution in [2.45, 2.75) is 38.3 Å². The number of carboxylic acid groups (broad SMARTS) is 1. The molecule has 1 aliphatic heterocycles. The number of nitrogens with zero attached hydrogens (tertiary/aromatic N) is 3. The number of H-pyrrole nitrogens is 2. The fourth-order valence-corrected chi connectivity index (χ4v) is 4.04. The van der Waals surface area contributed by atoms with Crippen LogP contribution >= 0.6 is 0 Å². The molecule has 3 N–H and O–H groups in total. The highest BCUT2D eigenvalue weighted by atomic mass is 16.4. The molecule has 8 heteroatoms. The molecular weight excluding hydrogens is 322 g/mol. The molecule has 8 nitrogen and oxygen atoms in total. The molecule has 1 saturated heterocycles. The van der Waals surface area contributed by atoms with E-state index in [4.69, 9.17) is 0 Å². The molecule has 0 aromatic carbocycles. The number of aliphatic carboxylic acids is 1. The highest BCUT2D eigenvalue weighted by molar-refractivity contribution is 6.00. The van der Waals surface area contributed by atoms with E-state index in [1.54, 1.807) is 10.8 Å². The van der Waals surface area contributed by atoms with Gasteiger partial charge in [-0.3, -0.25) is 14.3 Å². The first-order valence-electron chi connectivity index (χ1n) is 8.63. The molecular formula is C17H21N5O3. The van der Waals surface area contributed by atoms with Crippen LogP contribution in [-0.2, 0) is 4.79 Å². The van der Waals surface area contributed by atoms with Crippen LogP contribution in [0.1, 0.15) is 32.2 Å². The maximum Gasteiger partial charge on any atom is 0.326 e. The standard InChI is InChI=1S/C17H21N5O3/c1-2-13(16(23)24)21-7-3-4-10(9-21)22-14-11-5-6-18-15(11)19-8-12(14)20-17(22)25/h5-6,8,10,13H,2-4,7,9H2,1H3,(H,18,19)(H,20,25)(H,23,24). The van der Waals surface area contributed by atoms with E-state index in [0.717, 1.165) is 35.9 Å². The van der Waals surface area contributed by atoms with Crippen molar-refractivity contribution in [3.8, 4) is 0 Å². The van der Waals surface area contributed by atoms with Gasteiger partial charge in [0, 0.05) is 18.1 Å². The number of carboxylic acids is 1. The number of imidazole rings is 1. The van der Waals surface area contributed by atoms with Gasteiger partial charge in [0.05, 0.1) is 23.3 Å². The predicted molar refractivity (Wildman–Crippen MR) is 93.8 cm³/mol. The second-order valence-electron chi connectivity index (χ2n) is 6.61. The lowest BCUT2D eigenvalue weighted by atomic mass is 10.0. The van der Waals surface area contributed by atoms with Crippen LogP contribution in [0.25, 0.3) is 22.1 Å². The number of piperidine rings is 1. The van der Waals surface area contributed by atoms with Crippen LogP contribution in [0.3, 0.4) is 0 Å². The largest absolute Gasteiger partial charge is 0.480 e. The summed E-state index contributed by atoms with van der Waals surface area (Å²) in [5.41, 5.74) is 2.12. The van der Waals surface area contributed by atoms with Crippen molar-refractivity contribution in [3.05, 3.63) is 28.9 Å². The molecule has 25 heavy (non-hydrogen) atoms. The molecule has 2 unspecified atom stereocenters. The fourth-order valence-electron chi connectivity index (χ4n) is 4.04. The fraction of sp³-hybridized carbons (Fsp3) is 0.471. The minimum absolute atomic E-state index is 0.0519. The SMILES string of the molecule is CCC(C(=O)O)N1CCCC(n2c(=O)[nH]c3cnc4[nH]ccc4c32)C1. The van der Waals surface area contributed by atoms with E-state index in [9.17, 15) is 14.7 Å². The van der Waals surface area contributed by atoms with E-state index in [1.807, 2.05) is 24.1 Å². The molecule has 3 aromatic rings. The summed E-state index contributed by atoms with van der Waals surface area (Å²) in [5.74, 6) is -0.799. The first-order chi connectivity index (χ1) is 12.1. The lowest BCUT2D eigenvalue weighted by Crippen LogP contribution is -2.47. The number of hydrogen-bond donors (Lipinski definition) is 3. The van der Waals surface area contributed by atoms with Crippen molar-refractivity contribution in [2.75, 3.05) is 13.1 Å². The summed E-state index contributed by atoms with van der Waals surface area (Å²) in [6.07, 6.45) is 5.75. The third-order valence-corrected chi connectivity index (χ3v) is 5.17. The number of aromatic amines is 2. The zero-order chi connectivity index (χ0) is 17.6. The maximum absolute atomic E-state index is 12.6. The zero-order valence-electron chi connectivity index (χ0n) is 14.0. The van der Waals surface area contributed by atoms with Crippen LogP contribution in [0.2, 0.25) is 0 Å². The Morgan fingerprint density at radius 2 is 2.36 bits per heavy atom. The predicted octanol–water partition coefficient (Wildman–Crippen LogP) is 1.71. The van der Waals surface area contributed by atoms with Crippen molar-refractivity contribution >= 4 is 28.0 Å². The second kappa shape index (κ2) is 6.03. The molecule has 0 radical (unpaired) electrons. The van der Waals surface area contributed by atoms with Crippen LogP contribution in [0.15, 0.2) is 23.3 Å². The molecule has 0 bridgehead atoms. The lowest BCUT2D eigenvalue weighted by molar-refractivity contribution is -0.144. The van der Waals surface area contributed by atoms with Gasteiger partial charge in [0.15, 0.2) is 0 Å². The van der Waals surface area contributed by atoms with Gasteiger partial charge >= 0.3 is 11.7 Å². The van der Waals surface area contributed by atoms with Crippen LogP contribution in [0, 0.1) is 0 Å². The van der Waals surface area contributed by atoms with E-state index < -0.39 is 12.0 Å². The molecule has 0 saturated carbocycles. The van der Waals surface area contributed by atoms with Gasteiger partial charge < -0.3 is 15.1 Å². The molecule has 0 spiro atoms. The first-order valence-corrected chi connectivity index (χ1v) is 8.63. The van der Waals surface area contributed by atoms with Gasteiger partial charge in [0.2, 0.25) is 0 Å². The number of carbonyl (C=O) groups is 1. The maximum atomic E-state index is 12.6. The van der Waals surface area contributed by atoms with Crippen molar-refractivity contribution < 1.29 is 9.90 Å². The zero-order valence-corrected chi connectivity index (χ0v) is 14.0. The molecule has 0 amide bonds. The quantitative estimate of drug-likeness (QED) is 0.668. The number of aromatic nitrogens is 4. The molecule has 132 valence electrons. The van der Waals surface area contributed by atoms with Gasteiger partial charge in [-0.15, -0.1) is 0 Å². The minimum Gasteiger partial charge on any atom is -0.480 e. The van der Waals surface area contributed by atoms with Crippen molar-refractivity contribution in [1.29, 1.82) is 0 Å². The number of rotatable bonds is 4. The molecule has 3 aromatic heterocycles. The third kappa shape index (κ3) is 2.53. The van der Waals surface area contributed by atoms with E-state index in [-0.39, 0.29) is 11.7 Å².